The molecule has 1 unspecified atom stereocenters. The summed E-state index contributed by atoms with van der Waals surface area (Å²) in [5, 5.41) is 8.29. The van der Waals surface area contributed by atoms with Crippen molar-refractivity contribution in [1.29, 1.82) is 0 Å². The minimum atomic E-state index is -0.885. The van der Waals surface area contributed by atoms with Crippen LogP contribution in [0.3, 0.4) is 0 Å². The van der Waals surface area contributed by atoms with Crippen LogP contribution in [0.5, 0.6) is 0 Å². The molecule has 0 saturated heterocycles. The molecule has 0 aromatic carbocycles. The second-order valence-electron chi connectivity index (χ2n) is 1.60. The molecular weight excluding hydrogens is 327 g/mol. The molecule has 50 valence electrons. The number of rotatable bonds is 4. The van der Waals surface area contributed by atoms with Gasteiger partial charge in [-0.15, -0.1) is 0 Å². The van der Waals surface area contributed by atoms with E-state index in [1.54, 1.807) is 8.24 Å². The molecule has 0 radical (unpaired) electrons. The fourth-order valence-electron chi connectivity index (χ4n) is 0.316. The van der Waals surface area contributed by atoms with Gasteiger partial charge in [0, 0.05) is 0 Å². The van der Waals surface area contributed by atoms with E-state index in [2.05, 4.69) is 4.43 Å². The van der Waals surface area contributed by atoms with Gasteiger partial charge >= 0.3 is 69.1 Å². The molecule has 0 bridgehead atoms. The average Bonchev–Trinajstić information content (AvgIpc) is 1.82. The molecule has 0 aromatic heterocycles. The summed E-state index contributed by atoms with van der Waals surface area (Å²) < 4.78 is 2.19. The van der Waals surface area contributed by atoms with Crippen LogP contribution in [0.1, 0.15) is 0 Å². The third kappa shape index (κ3) is 5.17. The van der Waals surface area contributed by atoms with Gasteiger partial charge in [0.2, 0.25) is 0 Å². The van der Waals surface area contributed by atoms with Crippen molar-refractivity contribution >= 4 is 14.2 Å². The number of carbonyl (C=O) groups is 1. The Morgan fingerprint density at radius 3 is 2.89 bits per heavy atom. The number of nitrogens with two attached hydrogens (primary N) is 1. The van der Waals surface area contributed by atoms with E-state index < -0.39 is 35.1 Å². The van der Waals surface area contributed by atoms with Crippen molar-refractivity contribution in [2.24, 2.45) is 5.73 Å². The second-order valence-corrected chi connectivity index (χ2v) is 14.4. The summed E-state index contributed by atoms with van der Waals surface area (Å²) in [7, 11) is 1.76. The van der Waals surface area contributed by atoms with Gasteiger partial charge in [0.25, 0.3) is 0 Å². The van der Waals surface area contributed by atoms with Gasteiger partial charge in [-0.25, -0.2) is 0 Å². The molecule has 0 rings (SSSR count). The molecule has 0 aliphatic heterocycles. The Labute approximate surface area is 68.9 Å². The summed E-state index contributed by atoms with van der Waals surface area (Å²) in [4.78, 5) is 10.1. The second kappa shape index (κ2) is 5.50. The first-order chi connectivity index (χ1) is 4.18. The van der Waals surface area contributed by atoms with Crippen LogP contribution in [0.4, 0.5) is 0 Å². The molecule has 0 aliphatic carbocycles. The quantitative estimate of drug-likeness (QED) is 0.719. The van der Waals surface area contributed by atoms with E-state index in [4.69, 9.17) is 10.8 Å². The van der Waals surface area contributed by atoms with Gasteiger partial charge < -0.3 is 0 Å². The number of carboxylic acid groups (broad SMARTS) is 1. The Morgan fingerprint density at radius 2 is 2.56 bits per heavy atom. The van der Waals surface area contributed by atoms with Crippen LogP contribution < -0.4 is 5.73 Å². The fourth-order valence-corrected chi connectivity index (χ4v) is 6.66. The van der Waals surface area contributed by atoms with Crippen LogP contribution in [0, 0.1) is 0 Å². The Balaban J connectivity index is 3.27. The molecule has 0 aliphatic rings. The maximum atomic E-state index is 10.1. The van der Waals surface area contributed by atoms with E-state index in [1.807, 2.05) is 0 Å². The molecule has 0 fully saturated rings. The summed E-state index contributed by atoms with van der Waals surface area (Å²) in [6.07, 6.45) is 0. The summed E-state index contributed by atoms with van der Waals surface area (Å²) in [5.41, 5.74) is 5.22. The van der Waals surface area contributed by atoms with Gasteiger partial charge in [-0.05, 0) is 0 Å². The molecule has 0 aromatic rings. The molecule has 0 heterocycles. The molecule has 0 saturated carbocycles. The molecule has 0 spiro atoms. The molecule has 0 amide bonds. The van der Waals surface area contributed by atoms with E-state index in [9.17, 15) is 4.79 Å². The summed E-state index contributed by atoms with van der Waals surface area (Å²) >= 11 is -0.691. The predicted molar refractivity (Wildman–Crippen MR) is 33.9 cm³/mol. The van der Waals surface area contributed by atoms with Gasteiger partial charge in [0.1, 0.15) is 0 Å². The van der Waals surface area contributed by atoms with Crippen molar-refractivity contribution in [3.05, 3.63) is 0 Å². The van der Waals surface area contributed by atoms with Gasteiger partial charge in [-0.1, -0.05) is 0 Å². The number of carboxylic acids is 1. The SMILES string of the molecule is [CH3][Hg][S]CC(N)C(=O)O. The van der Waals surface area contributed by atoms with Crippen molar-refractivity contribution in [2.75, 3.05) is 5.75 Å². The number of aliphatic carboxylic acids is 1. The van der Waals surface area contributed by atoms with Crippen molar-refractivity contribution < 1.29 is 33.0 Å². The van der Waals surface area contributed by atoms with Crippen LogP contribution in [-0.4, -0.2) is 22.9 Å². The molecule has 3 nitrogen and oxygen atoms in total. The first-order valence-electron chi connectivity index (χ1n) is 2.74. The zero-order valence-corrected chi connectivity index (χ0v) is 11.6. The van der Waals surface area contributed by atoms with Gasteiger partial charge in [0.15, 0.2) is 0 Å². The van der Waals surface area contributed by atoms with Crippen LogP contribution >= 0.6 is 8.24 Å². The normalized spacial score (nSPS) is 12.2. The van der Waals surface area contributed by atoms with Gasteiger partial charge in [-0.2, -0.15) is 0 Å². The van der Waals surface area contributed by atoms with E-state index in [-0.39, 0.29) is 0 Å². The van der Waals surface area contributed by atoms with Crippen molar-refractivity contribution in [2.45, 2.75) is 10.5 Å². The maximum absolute atomic E-state index is 10.1. The van der Waals surface area contributed by atoms with Crippen molar-refractivity contribution in [3.8, 4) is 0 Å². The molecule has 1 atom stereocenters. The Kier molecular flexibility index (Phi) is 5.93. The van der Waals surface area contributed by atoms with Crippen molar-refractivity contribution in [1.82, 2.24) is 0 Å². The zero-order valence-electron chi connectivity index (χ0n) is 5.33. The monoisotopic (exact) mass is 337 g/mol. The summed E-state index contributed by atoms with van der Waals surface area (Å²) in [6, 6.07) is -0.644. The molecule has 5 heteroatoms. The van der Waals surface area contributed by atoms with E-state index in [0.717, 1.165) is 0 Å². The molecular formula is C4H9HgNO2S. The summed E-state index contributed by atoms with van der Waals surface area (Å²) in [6.45, 7) is 0. The summed E-state index contributed by atoms with van der Waals surface area (Å²) in [5.74, 6) is -0.280. The van der Waals surface area contributed by atoms with Gasteiger partial charge in [0.05, 0.1) is 0 Å². The van der Waals surface area contributed by atoms with Crippen molar-refractivity contribution in [3.63, 3.8) is 0 Å². The topological polar surface area (TPSA) is 63.3 Å². The third-order valence-corrected chi connectivity index (χ3v) is 9.33. The van der Waals surface area contributed by atoms with E-state index in [0.29, 0.717) is 5.75 Å². The Morgan fingerprint density at radius 1 is 2.00 bits per heavy atom. The van der Waals surface area contributed by atoms with E-state index in [1.165, 1.54) is 0 Å². The number of hydrogen-bond donors (Lipinski definition) is 2. The average molecular weight is 336 g/mol. The fraction of sp³-hybridized carbons (Fsp3) is 0.750. The van der Waals surface area contributed by atoms with Crippen LogP contribution in [0.15, 0.2) is 0 Å². The Hall–Kier alpha value is 0.715. The van der Waals surface area contributed by atoms with Crippen LogP contribution in [0.25, 0.3) is 0 Å². The van der Waals surface area contributed by atoms with Crippen LogP contribution in [-0.2, 0) is 27.9 Å². The number of hydrogen-bond acceptors (Lipinski definition) is 3. The zero-order chi connectivity index (χ0) is 7.28. The standard InChI is InChI=1S/C3H7NO2S.CH3.Hg/c4-2(1-7)3(5)6;;/h2,7H,1,4H2,(H,5,6);1H3;/q;;+1/p-1. The molecule has 9 heavy (non-hydrogen) atoms. The van der Waals surface area contributed by atoms with E-state index >= 15 is 0 Å². The first kappa shape index (κ1) is 9.72. The van der Waals surface area contributed by atoms with Gasteiger partial charge in [-0.3, -0.25) is 0 Å². The third-order valence-electron chi connectivity index (χ3n) is 0.819. The first-order valence-corrected chi connectivity index (χ1v) is 16.1. The predicted octanol–water partition coefficient (Wildman–Crippen LogP) is 0.177. The minimum absolute atomic E-state index is 0.605. The Bertz CT molecular complexity index is 101. The molecule has 3 N–H and O–H groups in total. The van der Waals surface area contributed by atoms with Crippen LogP contribution in [0.2, 0.25) is 4.43 Å².